The molecule has 6 nitrogen and oxygen atoms in total. The highest BCUT2D eigenvalue weighted by Crippen LogP contribution is 2.29. The van der Waals surface area contributed by atoms with Gasteiger partial charge in [-0.15, -0.1) is 0 Å². The summed E-state index contributed by atoms with van der Waals surface area (Å²) in [7, 11) is 3.71. The summed E-state index contributed by atoms with van der Waals surface area (Å²) >= 11 is 0. The molecule has 0 aliphatic rings. The average molecular weight is 337 g/mol. The molecule has 0 radical (unpaired) electrons. The molecule has 0 saturated carbocycles. The molecule has 130 valence electrons. The fourth-order valence-corrected chi connectivity index (χ4v) is 2.89. The molecule has 0 fully saturated rings. The molecule has 1 atom stereocenters. The predicted octanol–water partition coefficient (Wildman–Crippen LogP) is 2.35. The van der Waals surface area contributed by atoms with E-state index >= 15 is 0 Å². The van der Waals surface area contributed by atoms with Crippen molar-refractivity contribution in [2.75, 3.05) is 32.2 Å². The number of hydrogen-bond acceptors (Lipinski definition) is 6. The third-order valence-electron chi connectivity index (χ3n) is 4.15. The van der Waals surface area contributed by atoms with Crippen molar-refractivity contribution >= 4 is 16.7 Å². The first kappa shape index (κ1) is 17.3. The number of pyridine rings is 1. The van der Waals surface area contributed by atoms with Crippen LogP contribution in [0, 0.1) is 0 Å². The standard InChI is InChI=1S/C19H23N5O/c1-24(17(13-25-2)16-9-5-6-12-21-16)19-14-7-3-4-8-15(14)22-18(23-19)10-11-20/h3-9,12,17H,10-11,13,20H2,1-2H3. The quantitative estimate of drug-likeness (QED) is 0.713. The van der Waals surface area contributed by atoms with Crippen molar-refractivity contribution in [3.63, 3.8) is 0 Å². The van der Waals surface area contributed by atoms with Crippen LogP contribution >= 0.6 is 0 Å². The molecule has 0 amide bonds. The zero-order valence-electron chi connectivity index (χ0n) is 14.6. The Balaban J connectivity index is 2.09. The fraction of sp³-hybridized carbons (Fsp3) is 0.316. The van der Waals surface area contributed by atoms with Crippen molar-refractivity contribution in [2.45, 2.75) is 12.5 Å². The van der Waals surface area contributed by atoms with E-state index in [0.717, 1.165) is 28.2 Å². The van der Waals surface area contributed by atoms with E-state index in [1.165, 1.54) is 0 Å². The smallest absolute Gasteiger partial charge is 0.140 e. The van der Waals surface area contributed by atoms with Crippen LogP contribution in [0.15, 0.2) is 48.7 Å². The number of nitrogens with zero attached hydrogens (tertiary/aromatic N) is 4. The Morgan fingerprint density at radius 3 is 2.64 bits per heavy atom. The predicted molar refractivity (Wildman–Crippen MR) is 99.6 cm³/mol. The first-order chi connectivity index (χ1) is 12.2. The summed E-state index contributed by atoms with van der Waals surface area (Å²) in [5.74, 6) is 1.61. The van der Waals surface area contributed by atoms with Crippen molar-refractivity contribution in [3.05, 3.63) is 60.2 Å². The van der Waals surface area contributed by atoms with Gasteiger partial charge in [0.15, 0.2) is 0 Å². The van der Waals surface area contributed by atoms with Gasteiger partial charge in [-0.25, -0.2) is 9.97 Å². The van der Waals surface area contributed by atoms with E-state index in [1.54, 1.807) is 13.3 Å². The number of aromatic nitrogens is 3. The zero-order chi connectivity index (χ0) is 17.6. The number of benzene rings is 1. The number of hydrogen-bond donors (Lipinski definition) is 1. The van der Waals surface area contributed by atoms with E-state index in [2.05, 4.69) is 14.9 Å². The summed E-state index contributed by atoms with van der Waals surface area (Å²) in [6.07, 6.45) is 2.44. The SMILES string of the molecule is COCC(c1ccccn1)N(C)c1nc(CCN)nc2ccccc12. The summed E-state index contributed by atoms with van der Waals surface area (Å²) in [5.41, 5.74) is 7.56. The zero-order valence-corrected chi connectivity index (χ0v) is 14.6. The highest BCUT2D eigenvalue weighted by molar-refractivity contribution is 5.89. The third kappa shape index (κ3) is 3.75. The van der Waals surface area contributed by atoms with Crippen molar-refractivity contribution in [1.82, 2.24) is 15.0 Å². The lowest BCUT2D eigenvalue weighted by Crippen LogP contribution is -2.30. The van der Waals surface area contributed by atoms with Crippen LogP contribution in [0.2, 0.25) is 0 Å². The van der Waals surface area contributed by atoms with Gasteiger partial charge >= 0.3 is 0 Å². The minimum absolute atomic E-state index is 0.0461. The minimum Gasteiger partial charge on any atom is -0.382 e. The van der Waals surface area contributed by atoms with Crippen molar-refractivity contribution in [1.29, 1.82) is 0 Å². The lowest BCUT2D eigenvalue weighted by molar-refractivity contribution is 0.177. The largest absolute Gasteiger partial charge is 0.382 e. The van der Waals surface area contributed by atoms with E-state index < -0.39 is 0 Å². The van der Waals surface area contributed by atoms with Crippen LogP contribution in [0.4, 0.5) is 5.82 Å². The Labute approximate surface area is 147 Å². The molecular formula is C19H23N5O. The number of nitrogens with two attached hydrogens (primary N) is 1. The molecule has 0 aliphatic carbocycles. The normalized spacial score (nSPS) is 12.3. The second kappa shape index (κ2) is 8.00. The van der Waals surface area contributed by atoms with Gasteiger partial charge in [0.25, 0.3) is 0 Å². The molecule has 3 rings (SSSR count). The van der Waals surface area contributed by atoms with Crippen LogP contribution in [-0.4, -0.2) is 42.3 Å². The maximum atomic E-state index is 5.71. The lowest BCUT2D eigenvalue weighted by Gasteiger charge is -2.29. The molecule has 2 aromatic heterocycles. The molecular weight excluding hydrogens is 314 g/mol. The summed E-state index contributed by atoms with van der Waals surface area (Å²) < 4.78 is 5.45. The van der Waals surface area contributed by atoms with Crippen molar-refractivity contribution in [3.8, 4) is 0 Å². The monoisotopic (exact) mass is 337 g/mol. The molecule has 3 aromatic rings. The third-order valence-corrected chi connectivity index (χ3v) is 4.15. The Hall–Kier alpha value is -2.57. The molecule has 2 heterocycles. The minimum atomic E-state index is -0.0461. The molecule has 0 spiro atoms. The number of fused-ring (bicyclic) bond motifs is 1. The van der Waals surface area contributed by atoms with Gasteiger partial charge in [0.1, 0.15) is 11.6 Å². The molecule has 0 bridgehead atoms. The topological polar surface area (TPSA) is 77.2 Å². The highest BCUT2D eigenvalue weighted by atomic mass is 16.5. The molecule has 0 aliphatic heterocycles. The van der Waals surface area contributed by atoms with E-state index in [1.807, 2.05) is 49.5 Å². The van der Waals surface area contributed by atoms with E-state index in [0.29, 0.717) is 19.6 Å². The van der Waals surface area contributed by atoms with Crippen LogP contribution in [0.25, 0.3) is 10.9 Å². The number of likely N-dealkylation sites (N-methyl/N-ethyl adjacent to an activating group) is 1. The van der Waals surface area contributed by atoms with Crippen LogP contribution in [0.5, 0.6) is 0 Å². The number of anilines is 1. The second-order valence-electron chi connectivity index (χ2n) is 5.86. The Kier molecular flexibility index (Phi) is 5.53. The molecule has 1 aromatic carbocycles. The Bertz CT molecular complexity index is 824. The fourth-order valence-electron chi connectivity index (χ4n) is 2.89. The van der Waals surface area contributed by atoms with Crippen LogP contribution < -0.4 is 10.6 Å². The number of methoxy groups -OCH3 is 1. The van der Waals surface area contributed by atoms with E-state index in [9.17, 15) is 0 Å². The van der Waals surface area contributed by atoms with E-state index in [-0.39, 0.29) is 6.04 Å². The van der Waals surface area contributed by atoms with Crippen LogP contribution in [0.1, 0.15) is 17.6 Å². The average Bonchev–Trinajstić information content (AvgIpc) is 2.66. The van der Waals surface area contributed by atoms with Gasteiger partial charge in [-0.2, -0.15) is 0 Å². The van der Waals surface area contributed by atoms with Gasteiger partial charge in [-0.1, -0.05) is 18.2 Å². The molecule has 25 heavy (non-hydrogen) atoms. The first-order valence-electron chi connectivity index (χ1n) is 8.33. The maximum absolute atomic E-state index is 5.71. The number of para-hydroxylation sites is 1. The Morgan fingerprint density at radius 1 is 1.12 bits per heavy atom. The van der Waals surface area contributed by atoms with Gasteiger partial charge < -0.3 is 15.4 Å². The lowest BCUT2D eigenvalue weighted by atomic mass is 10.1. The van der Waals surface area contributed by atoms with Crippen LogP contribution in [-0.2, 0) is 11.2 Å². The van der Waals surface area contributed by atoms with Gasteiger partial charge in [0.05, 0.1) is 23.9 Å². The highest BCUT2D eigenvalue weighted by Gasteiger charge is 2.22. The molecule has 1 unspecified atom stereocenters. The van der Waals surface area contributed by atoms with Gasteiger partial charge in [-0.05, 0) is 30.8 Å². The summed E-state index contributed by atoms with van der Waals surface area (Å²) in [6.45, 7) is 1.03. The molecule has 0 saturated heterocycles. The second-order valence-corrected chi connectivity index (χ2v) is 5.86. The summed E-state index contributed by atoms with van der Waals surface area (Å²) in [5, 5.41) is 1.00. The van der Waals surface area contributed by atoms with Gasteiger partial charge in [0, 0.05) is 32.2 Å². The number of ether oxygens (including phenoxy) is 1. The van der Waals surface area contributed by atoms with E-state index in [4.69, 9.17) is 15.5 Å². The Morgan fingerprint density at radius 2 is 1.92 bits per heavy atom. The van der Waals surface area contributed by atoms with Crippen molar-refractivity contribution in [2.24, 2.45) is 5.73 Å². The first-order valence-corrected chi connectivity index (χ1v) is 8.33. The molecule has 2 N–H and O–H groups in total. The molecule has 6 heteroatoms. The number of rotatable bonds is 7. The van der Waals surface area contributed by atoms with Crippen molar-refractivity contribution < 1.29 is 4.74 Å². The van der Waals surface area contributed by atoms with Crippen LogP contribution in [0.3, 0.4) is 0 Å². The van der Waals surface area contributed by atoms with Gasteiger partial charge in [-0.3, -0.25) is 4.98 Å². The summed E-state index contributed by atoms with van der Waals surface area (Å²) in [4.78, 5) is 16.0. The maximum Gasteiger partial charge on any atom is 0.140 e. The van der Waals surface area contributed by atoms with Gasteiger partial charge in [0.2, 0.25) is 0 Å². The summed E-state index contributed by atoms with van der Waals surface area (Å²) in [6, 6.07) is 13.9.